The first-order valence-corrected chi connectivity index (χ1v) is 12.8. The molecule has 31 heavy (non-hydrogen) atoms. The van der Waals surface area contributed by atoms with Crippen LogP contribution in [0.3, 0.4) is 0 Å². The SMILES string of the molecule is CCCC(C)CCCCCCCCCCCCCC(=O)OC(CC(=O)[O-])C[N+](C)(C)C. The van der Waals surface area contributed by atoms with Crippen molar-refractivity contribution >= 4 is 11.9 Å². The summed E-state index contributed by atoms with van der Waals surface area (Å²) in [6.45, 7) is 5.13. The first-order chi connectivity index (χ1) is 14.6. The van der Waals surface area contributed by atoms with Gasteiger partial charge in [0, 0.05) is 18.8 Å². The average molecular weight is 442 g/mol. The number of likely N-dealkylation sites (N-methyl/N-ethyl adjacent to an activating group) is 1. The number of carboxylic acids is 1. The van der Waals surface area contributed by atoms with Crippen LogP contribution < -0.4 is 5.11 Å². The molecule has 0 saturated carbocycles. The van der Waals surface area contributed by atoms with E-state index in [1.54, 1.807) is 0 Å². The molecule has 0 aliphatic carbocycles. The number of aliphatic carboxylic acids is 1. The van der Waals surface area contributed by atoms with Gasteiger partial charge >= 0.3 is 5.97 Å². The summed E-state index contributed by atoms with van der Waals surface area (Å²) in [6.07, 6.45) is 17.3. The predicted octanol–water partition coefficient (Wildman–Crippen LogP) is 5.25. The van der Waals surface area contributed by atoms with Gasteiger partial charge in [0.15, 0.2) is 6.10 Å². The number of carbonyl (C=O) groups excluding carboxylic acids is 2. The molecule has 2 unspecified atom stereocenters. The highest BCUT2D eigenvalue weighted by Gasteiger charge is 2.22. The maximum Gasteiger partial charge on any atom is 0.306 e. The lowest BCUT2D eigenvalue weighted by Gasteiger charge is -2.29. The highest BCUT2D eigenvalue weighted by atomic mass is 16.5. The number of carboxylic acid groups (broad SMARTS) is 1. The quantitative estimate of drug-likeness (QED) is 0.139. The fourth-order valence-corrected chi connectivity index (χ4v) is 4.18. The van der Waals surface area contributed by atoms with Gasteiger partial charge in [0.1, 0.15) is 6.54 Å². The van der Waals surface area contributed by atoms with Crippen LogP contribution in [0.15, 0.2) is 0 Å². The topological polar surface area (TPSA) is 66.4 Å². The number of ether oxygens (including phenoxy) is 1. The molecule has 0 aliphatic rings. The minimum Gasteiger partial charge on any atom is -0.550 e. The molecule has 5 heteroatoms. The maximum atomic E-state index is 12.0. The largest absolute Gasteiger partial charge is 0.550 e. The van der Waals surface area contributed by atoms with E-state index < -0.39 is 12.1 Å². The molecule has 2 atom stereocenters. The number of quaternary nitrogens is 1. The molecule has 0 aromatic rings. The molecule has 0 spiro atoms. The van der Waals surface area contributed by atoms with E-state index in [-0.39, 0.29) is 12.4 Å². The Morgan fingerprint density at radius 3 is 1.74 bits per heavy atom. The molecule has 0 aromatic carbocycles. The lowest BCUT2D eigenvalue weighted by molar-refractivity contribution is -0.873. The average Bonchev–Trinajstić information content (AvgIpc) is 2.63. The maximum absolute atomic E-state index is 12.0. The molecule has 184 valence electrons. The summed E-state index contributed by atoms with van der Waals surface area (Å²) in [4.78, 5) is 22.9. The second kappa shape index (κ2) is 18.5. The van der Waals surface area contributed by atoms with E-state index >= 15 is 0 Å². The first-order valence-electron chi connectivity index (χ1n) is 12.8. The monoisotopic (exact) mass is 441 g/mol. The van der Waals surface area contributed by atoms with E-state index in [1.807, 2.05) is 21.1 Å². The standard InChI is InChI=1S/C26H51NO4/c1-6-18-23(2)19-16-14-12-10-8-7-9-11-13-15-17-20-26(30)31-24(21-25(28)29)22-27(3,4)5/h23-24H,6-22H2,1-5H3. The Morgan fingerprint density at radius 1 is 0.806 bits per heavy atom. The number of hydrogen-bond acceptors (Lipinski definition) is 4. The van der Waals surface area contributed by atoms with Crippen molar-refractivity contribution in [3.05, 3.63) is 0 Å². The zero-order valence-corrected chi connectivity index (χ0v) is 21.3. The number of esters is 1. The summed E-state index contributed by atoms with van der Waals surface area (Å²) in [6, 6.07) is 0. The Balaban J connectivity index is 3.58. The normalized spacial score (nSPS) is 13.7. The fourth-order valence-electron chi connectivity index (χ4n) is 4.18. The summed E-state index contributed by atoms with van der Waals surface area (Å²) < 4.78 is 5.93. The van der Waals surface area contributed by atoms with Crippen LogP contribution in [-0.2, 0) is 14.3 Å². The van der Waals surface area contributed by atoms with Crippen LogP contribution in [0.25, 0.3) is 0 Å². The number of carbonyl (C=O) groups is 2. The van der Waals surface area contributed by atoms with Gasteiger partial charge in [-0.05, 0) is 12.3 Å². The van der Waals surface area contributed by atoms with Crippen LogP contribution in [0.2, 0.25) is 0 Å². The zero-order valence-electron chi connectivity index (χ0n) is 21.3. The first kappa shape index (κ1) is 29.9. The Kier molecular flexibility index (Phi) is 17.8. The molecule has 0 aliphatic heterocycles. The molecule has 0 rings (SSSR count). The third kappa shape index (κ3) is 21.9. The van der Waals surface area contributed by atoms with Crippen LogP contribution >= 0.6 is 0 Å². The van der Waals surface area contributed by atoms with Crippen LogP contribution in [0, 0.1) is 5.92 Å². The molecule has 0 heterocycles. The molecule has 0 amide bonds. The van der Waals surface area contributed by atoms with Crippen molar-refractivity contribution in [2.45, 2.75) is 123 Å². The summed E-state index contributed by atoms with van der Waals surface area (Å²) in [5, 5.41) is 10.9. The van der Waals surface area contributed by atoms with Crippen molar-refractivity contribution < 1.29 is 23.9 Å². The van der Waals surface area contributed by atoms with Crippen LogP contribution in [-0.4, -0.2) is 50.2 Å². The molecule has 0 radical (unpaired) electrons. The Morgan fingerprint density at radius 2 is 1.29 bits per heavy atom. The van der Waals surface area contributed by atoms with Gasteiger partial charge in [-0.25, -0.2) is 0 Å². The van der Waals surface area contributed by atoms with E-state index in [1.165, 1.54) is 70.6 Å². The Hall–Kier alpha value is -1.10. The molecule has 0 fully saturated rings. The number of nitrogens with zero attached hydrogens (tertiary/aromatic N) is 1. The lowest BCUT2D eigenvalue weighted by Crippen LogP contribution is -2.45. The van der Waals surface area contributed by atoms with Gasteiger partial charge in [-0.3, -0.25) is 4.79 Å². The van der Waals surface area contributed by atoms with E-state index in [0.29, 0.717) is 17.4 Å². The van der Waals surface area contributed by atoms with Gasteiger partial charge < -0.3 is 19.1 Å². The van der Waals surface area contributed by atoms with Gasteiger partial charge in [0.25, 0.3) is 0 Å². The minimum absolute atomic E-state index is 0.237. The van der Waals surface area contributed by atoms with Crippen molar-refractivity contribution in [3.63, 3.8) is 0 Å². The van der Waals surface area contributed by atoms with E-state index in [9.17, 15) is 14.7 Å². The zero-order chi connectivity index (χ0) is 23.5. The molecular formula is C26H51NO4. The third-order valence-corrected chi connectivity index (χ3v) is 5.80. The van der Waals surface area contributed by atoms with Gasteiger partial charge in [-0.1, -0.05) is 97.3 Å². The third-order valence-electron chi connectivity index (χ3n) is 5.80. The second-order valence-electron chi connectivity index (χ2n) is 10.5. The van der Waals surface area contributed by atoms with Gasteiger partial charge in [-0.2, -0.15) is 0 Å². The van der Waals surface area contributed by atoms with Crippen molar-refractivity contribution in [2.24, 2.45) is 5.92 Å². The minimum atomic E-state index is -1.17. The summed E-state index contributed by atoms with van der Waals surface area (Å²) in [5.41, 5.74) is 0. The Labute approximate surface area is 192 Å². The van der Waals surface area contributed by atoms with Gasteiger partial charge in [0.05, 0.1) is 21.1 Å². The number of rotatable bonds is 21. The van der Waals surface area contributed by atoms with Crippen LogP contribution in [0.5, 0.6) is 0 Å². The summed E-state index contributed by atoms with van der Waals surface area (Å²) >= 11 is 0. The number of hydrogen-bond donors (Lipinski definition) is 0. The van der Waals surface area contributed by atoms with Gasteiger partial charge in [-0.15, -0.1) is 0 Å². The van der Waals surface area contributed by atoms with Crippen molar-refractivity contribution in [1.82, 2.24) is 0 Å². The highest BCUT2D eigenvalue weighted by molar-refractivity contribution is 5.70. The molecule has 0 aromatic heterocycles. The Bertz CT molecular complexity index is 459. The summed E-state index contributed by atoms with van der Waals surface area (Å²) in [5.74, 6) is -0.560. The molecule has 0 saturated heterocycles. The van der Waals surface area contributed by atoms with E-state index in [2.05, 4.69) is 13.8 Å². The van der Waals surface area contributed by atoms with Crippen molar-refractivity contribution in [2.75, 3.05) is 27.7 Å². The predicted molar refractivity (Wildman–Crippen MR) is 126 cm³/mol. The fraction of sp³-hybridized carbons (Fsp3) is 0.923. The molecule has 0 bridgehead atoms. The summed E-state index contributed by atoms with van der Waals surface area (Å²) in [7, 11) is 5.85. The number of unbranched alkanes of at least 4 members (excludes halogenated alkanes) is 10. The van der Waals surface area contributed by atoms with E-state index in [4.69, 9.17) is 4.74 Å². The second-order valence-corrected chi connectivity index (χ2v) is 10.5. The smallest absolute Gasteiger partial charge is 0.306 e. The van der Waals surface area contributed by atoms with E-state index in [0.717, 1.165) is 25.2 Å². The van der Waals surface area contributed by atoms with Crippen molar-refractivity contribution in [1.29, 1.82) is 0 Å². The molecular weight excluding hydrogens is 390 g/mol. The van der Waals surface area contributed by atoms with Crippen molar-refractivity contribution in [3.8, 4) is 0 Å². The molecule has 5 nitrogen and oxygen atoms in total. The van der Waals surface area contributed by atoms with Gasteiger partial charge in [0.2, 0.25) is 0 Å². The van der Waals surface area contributed by atoms with Crippen LogP contribution in [0.1, 0.15) is 117 Å². The highest BCUT2D eigenvalue weighted by Crippen LogP contribution is 2.17. The molecule has 0 N–H and O–H groups in total. The van der Waals surface area contributed by atoms with Crippen LogP contribution in [0.4, 0.5) is 0 Å². The lowest BCUT2D eigenvalue weighted by atomic mass is 9.98.